The normalized spacial score (nSPS) is 15.0. The molecule has 0 aliphatic carbocycles. The van der Waals surface area contributed by atoms with Crippen molar-refractivity contribution in [2.24, 2.45) is 0 Å². The van der Waals surface area contributed by atoms with E-state index < -0.39 is 6.04 Å². The summed E-state index contributed by atoms with van der Waals surface area (Å²) in [6.07, 6.45) is 3.79. The Bertz CT molecular complexity index is 845. The number of pyridine rings is 1. The number of likely N-dealkylation sites (N-methyl/N-ethyl adjacent to an activating group) is 1. The first-order valence-corrected chi connectivity index (χ1v) is 10.5. The minimum Gasteiger partial charge on any atom is -0.347 e. The molecule has 0 bridgehead atoms. The van der Waals surface area contributed by atoms with Crippen molar-refractivity contribution in [3.05, 3.63) is 51.0 Å². The molecule has 1 aliphatic heterocycles. The molecule has 0 spiro atoms. The molecule has 0 saturated carbocycles. The molecule has 7 heteroatoms. The van der Waals surface area contributed by atoms with Crippen LogP contribution in [-0.2, 0) is 30.7 Å². The van der Waals surface area contributed by atoms with Crippen molar-refractivity contribution in [2.45, 2.75) is 45.8 Å². The summed E-state index contributed by atoms with van der Waals surface area (Å²) in [6.45, 7) is 6.39. The molecule has 0 aromatic carbocycles. The second-order valence-electron chi connectivity index (χ2n) is 7.45. The number of thiophene rings is 1. The number of nitrogens with one attached hydrogen (secondary N) is 1. The molecular formula is C21H28N4O2S. The van der Waals surface area contributed by atoms with Crippen LogP contribution in [0.4, 0.5) is 0 Å². The number of aromatic nitrogens is 1. The van der Waals surface area contributed by atoms with Crippen LogP contribution in [0.25, 0.3) is 0 Å². The van der Waals surface area contributed by atoms with Gasteiger partial charge in [-0.2, -0.15) is 0 Å². The predicted octanol–water partition coefficient (Wildman–Crippen LogP) is 2.47. The van der Waals surface area contributed by atoms with Gasteiger partial charge in [-0.25, -0.2) is 0 Å². The Hall–Kier alpha value is -2.25. The Morgan fingerprint density at radius 1 is 1.36 bits per heavy atom. The van der Waals surface area contributed by atoms with Crippen LogP contribution in [0, 0.1) is 0 Å². The fourth-order valence-corrected chi connectivity index (χ4v) is 4.54. The summed E-state index contributed by atoms with van der Waals surface area (Å²) in [7, 11) is 3.38. The molecular weight excluding hydrogens is 372 g/mol. The van der Waals surface area contributed by atoms with Crippen molar-refractivity contribution >= 4 is 23.2 Å². The summed E-state index contributed by atoms with van der Waals surface area (Å²) in [5, 5.41) is 4.75. The maximum Gasteiger partial charge on any atom is 0.253 e. The summed E-state index contributed by atoms with van der Waals surface area (Å²) >= 11 is 1.62. The lowest BCUT2D eigenvalue weighted by atomic mass is 10.0. The Balaban J connectivity index is 1.63. The zero-order valence-corrected chi connectivity index (χ0v) is 17.8. The fraction of sp³-hybridized carbons (Fsp3) is 0.476. The van der Waals surface area contributed by atoms with Crippen LogP contribution < -0.4 is 5.32 Å². The van der Waals surface area contributed by atoms with Crippen LogP contribution in [0.1, 0.15) is 45.9 Å². The third-order valence-electron chi connectivity index (χ3n) is 5.11. The van der Waals surface area contributed by atoms with Gasteiger partial charge in [0, 0.05) is 50.2 Å². The summed E-state index contributed by atoms with van der Waals surface area (Å²) in [5.41, 5.74) is 4.16. The van der Waals surface area contributed by atoms with E-state index in [4.69, 9.17) is 0 Å². The van der Waals surface area contributed by atoms with Gasteiger partial charge >= 0.3 is 0 Å². The van der Waals surface area contributed by atoms with Crippen molar-refractivity contribution in [3.63, 3.8) is 0 Å². The zero-order valence-electron chi connectivity index (χ0n) is 17.0. The van der Waals surface area contributed by atoms with Crippen LogP contribution in [0.2, 0.25) is 0 Å². The molecule has 2 aromatic rings. The van der Waals surface area contributed by atoms with Gasteiger partial charge < -0.3 is 10.2 Å². The van der Waals surface area contributed by atoms with Gasteiger partial charge in [-0.3, -0.25) is 19.5 Å². The van der Waals surface area contributed by atoms with Gasteiger partial charge in [0.25, 0.3) is 5.91 Å². The summed E-state index contributed by atoms with van der Waals surface area (Å²) in [4.78, 5) is 34.3. The maximum absolute atomic E-state index is 12.6. The number of rotatable bonds is 6. The maximum atomic E-state index is 12.6. The van der Waals surface area contributed by atoms with Gasteiger partial charge in [-0.15, -0.1) is 11.3 Å². The van der Waals surface area contributed by atoms with E-state index >= 15 is 0 Å². The van der Waals surface area contributed by atoms with Crippen LogP contribution in [-0.4, -0.2) is 53.3 Å². The molecule has 1 atom stereocenters. The van der Waals surface area contributed by atoms with Gasteiger partial charge in [0.15, 0.2) is 0 Å². The monoisotopic (exact) mass is 400 g/mol. The molecule has 1 aliphatic rings. The average Bonchev–Trinajstić information content (AvgIpc) is 3.11. The highest BCUT2D eigenvalue weighted by molar-refractivity contribution is 7.10. The molecule has 0 radical (unpaired) electrons. The Morgan fingerprint density at radius 2 is 2.14 bits per heavy atom. The van der Waals surface area contributed by atoms with Crippen LogP contribution in [0.5, 0.6) is 0 Å². The van der Waals surface area contributed by atoms with E-state index in [0.717, 1.165) is 43.7 Å². The minimum atomic E-state index is -0.532. The number of hydrogen-bond donors (Lipinski definition) is 1. The molecule has 0 unspecified atom stereocenters. The van der Waals surface area contributed by atoms with Crippen molar-refractivity contribution in [1.82, 2.24) is 20.1 Å². The van der Waals surface area contributed by atoms with Crippen LogP contribution in [0.3, 0.4) is 0 Å². The number of fused-ring (bicyclic) bond motifs is 1. The van der Waals surface area contributed by atoms with Crippen molar-refractivity contribution < 1.29 is 9.59 Å². The number of hydrogen-bond acceptors (Lipinski definition) is 5. The molecule has 28 heavy (non-hydrogen) atoms. The molecule has 1 N–H and O–H groups in total. The molecule has 150 valence electrons. The molecule has 0 saturated heterocycles. The second kappa shape index (κ2) is 8.84. The van der Waals surface area contributed by atoms with Gasteiger partial charge in [0.05, 0.1) is 11.3 Å². The second-order valence-corrected chi connectivity index (χ2v) is 8.42. The smallest absolute Gasteiger partial charge is 0.253 e. The summed E-state index contributed by atoms with van der Waals surface area (Å²) in [5.74, 6) is -0.268. The van der Waals surface area contributed by atoms with E-state index in [9.17, 15) is 9.59 Å². The quantitative estimate of drug-likeness (QED) is 0.809. The zero-order chi connectivity index (χ0) is 20.3. The Labute approximate surface area is 170 Å². The molecule has 3 rings (SSSR count). The van der Waals surface area contributed by atoms with Gasteiger partial charge in [-0.1, -0.05) is 13.0 Å². The average molecular weight is 401 g/mol. The molecule has 0 fully saturated rings. The van der Waals surface area contributed by atoms with E-state index in [1.807, 2.05) is 11.6 Å². The molecule has 2 amide bonds. The van der Waals surface area contributed by atoms with E-state index in [1.54, 1.807) is 32.4 Å². The lowest BCUT2D eigenvalue weighted by molar-refractivity contribution is -0.130. The van der Waals surface area contributed by atoms with E-state index in [0.29, 0.717) is 5.56 Å². The molecule has 2 aromatic heterocycles. The summed E-state index contributed by atoms with van der Waals surface area (Å²) in [6, 6.07) is 3.71. The predicted molar refractivity (Wildman–Crippen MR) is 111 cm³/mol. The Morgan fingerprint density at radius 3 is 2.79 bits per heavy atom. The summed E-state index contributed by atoms with van der Waals surface area (Å²) < 4.78 is 0. The highest BCUT2D eigenvalue weighted by Gasteiger charge is 2.26. The Kier molecular flexibility index (Phi) is 6.46. The highest BCUT2D eigenvalue weighted by Crippen LogP contribution is 2.29. The van der Waals surface area contributed by atoms with E-state index in [1.165, 1.54) is 15.3 Å². The fourth-order valence-electron chi connectivity index (χ4n) is 3.42. The minimum absolute atomic E-state index is 0.106. The topological polar surface area (TPSA) is 65.5 Å². The lowest BCUT2D eigenvalue weighted by Crippen LogP contribution is -2.44. The first kappa shape index (κ1) is 20.5. The van der Waals surface area contributed by atoms with Gasteiger partial charge in [0.2, 0.25) is 5.91 Å². The SMILES string of the molecule is CCc1ccc(CN2CCc3c(C(=O)N[C@@H](C)C(=O)N(C)C)csc3C2)nc1. The van der Waals surface area contributed by atoms with E-state index in [2.05, 4.69) is 34.3 Å². The van der Waals surface area contributed by atoms with Crippen LogP contribution >= 0.6 is 11.3 Å². The molecule has 6 nitrogen and oxygen atoms in total. The first-order chi connectivity index (χ1) is 13.4. The highest BCUT2D eigenvalue weighted by atomic mass is 32.1. The lowest BCUT2D eigenvalue weighted by Gasteiger charge is -2.27. The van der Waals surface area contributed by atoms with Gasteiger partial charge in [0.1, 0.15) is 6.04 Å². The van der Waals surface area contributed by atoms with Crippen molar-refractivity contribution in [2.75, 3.05) is 20.6 Å². The standard InChI is InChI=1S/C21H28N4O2S/c1-5-15-6-7-16(22-10-15)11-25-9-8-17-18(13-28-19(17)12-25)20(26)23-14(2)21(27)24(3)4/h6-7,10,13-14H,5,8-9,11-12H2,1-4H3,(H,23,26)/t14-/m0/s1. The number of aryl methyl sites for hydroxylation is 1. The van der Waals surface area contributed by atoms with Crippen molar-refractivity contribution in [3.8, 4) is 0 Å². The van der Waals surface area contributed by atoms with E-state index in [-0.39, 0.29) is 11.8 Å². The van der Waals surface area contributed by atoms with Gasteiger partial charge in [-0.05, 0) is 37.0 Å². The number of carbonyl (C=O) groups excluding carboxylic acids is 2. The van der Waals surface area contributed by atoms with Crippen LogP contribution in [0.15, 0.2) is 23.7 Å². The first-order valence-electron chi connectivity index (χ1n) is 9.66. The number of amides is 2. The third kappa shape index (κ3) is 4.59. The van der Waals surface area contributed by atoms with Crippen molar-refractivity contribution in [1.29, 1.82) is 0 Å². The number of nitrogens with zero attached hydrogens (tertiary/aromatic N) is 3. The third-order valence-corrected chi connectivity index (χ3v) is 6.12. The largest absolute Gasteiger partial charge is 0.347 e. The number of carbonyl (C=O) groups is 2. The molecule has 3 heterocycles.